The fraction of sp³-hybridized carbons (Fsp3) is 0.667. The number of nitrogens with zero attached hydrogens (tertiary/aromatic N) is 2. The molecule has 1 aromatic carbocycles. The van der Waals surface area contributed by atoms with Crippen molar-refractivity contribution in [2.24, 2.45) is 0 Å². The summed E-state index contributed by atoms with van der Waals surface area (Å²) in [6, 6.07) is 10.2. The number of rotatable bonds is 5. The lowest BCUT2D eigenvalue weighted by molar-refractivity contribution is -0.160. The highest BCUT2D eigenvalue weighted by Crippen LogP contribution is 2.31. The average molecular weight is 360 g/mol. The summed E-state index contributed by atoms with van der Waals surface area (Å²) in [6.07, 6.45) is 1.96. The van der Waals surface area contributed by atoms with Gasteiger partial charge in [-0.1, -0.05) is 30.3 Å². The molecule has 0 bridgehead atoms. The quantitative estimate of drug-likeness (QED) is 0.755. The van der Waals surface area contributed by atoms with Gasteiger partial charge in [-0.25, -0.2) is 0 Å². The molecule has 1 aromatic rings. The van der Waals surface area contributed by atoms with Crippen molar-refractivity contribution in [2.45, 2.75) is 57.9 Å². The van der Waals surface area contributed by atoms with E-state index in [1.165, 1.54) is 0 Å². The van der Waals surface area contributed by atoms with Crippen molar-refractivity contribution < 1.29 is 14.3 Å². The summed E-state index contributed by atoms with van der Waals surface area (Å²) in [5.74, 6) is -0.141. The minimum Gasteiger partial charge on any atom is -0.460 e. The number of benzene rings is 1. The van der Waals surface area contributed by atoms with Gasteiger partial charge in [-0.3, -0.25) is 14.6 Å². The Morgan fingerprint density at radius 1 is 1.12 bits per heavy atom. The van der Waals surface area contributed by atoms with Crippen LogP contribution in [-0.4, -0.2) is 66.2 Å². The summed E-state index contributed by atoms with van der Waals surface area (Å²) in [5, 5.41) is 0. The number of hydrogen-bond acceptors (Lipinski definition) is 5. The Kier molecular flexibility index (Phi) is 6.33. The van der Waals surface area contributed by atoms with Crippen LogP contribution < -0.4 is 0 Å². The standard InChI is InChI=1S/C21H32N2O3/c1-17(2)23-13-14-26-21(16-23)9-11-22(12-10-21)18(3)20(24)25-15-19-7-5-4-6-8-19/h4-8,17-18H,9-16H2,1-3H3. The molecule has 3 rings (SSSR count). The summed E-state index contributed by atoms with van der Waals surface area (Å²) in [5.41, 5.74) is 0.988. The SMILES string of the molecule is CC(C)N1CCOC2(CCN(C(C)C(=O)OCc3ccccc3)CC2)C1. The van der Waals surface area contributed by atoms with Gasteiger partial charge in [-0.15, -0.1) is 0 Å². The van der Waals surface area contributed by atoms with Gasteiger partial charge in [0.25, 0.3) is 0 Å². The number of carbonyl (C=O) groups excluding carboxylic acids is 1. The van der Waals surface area contributed by atoms with Gasteiger partial charge in [0, 0.05) is 32.2 Å². The fourth-order valence-corrected chi connectivity index (χ4v) is 3.93. The maximum Gasteiger partial charge on any atom is 0.323 e. The molecule has 0 saturated carbocycles. The van der Waals surface area contributed by atoms with Crippen molar-refractivity contribution in [1.29, 1.82) is 0 Å². The second kappa shape index (κ2) is 8.51. The molecular weight excluding hydrogens is 328 g/mol. The van der Waals surface area contributed by atoms with E-state index >= 15 is 0 Å². The lowest BCUT2D eigenvalue weighted by Gasteiger charge is -2.49. The van der Waals surface area contributed by atoms with E-state index in [1.807, 2.05) is 37.3 Å². The molecule has 2 aliphatic heterocycles. The van der Waals surface area contributed by atoms with Gasteiger partial charge in [0.2, 0.25) is 0 Å². The van der Waals surface area contributed by atoms with Gasteiger partial charge in [0.15, 0.2) is 0 Å². The third kappa shape index (κ3) is 4.64. The van der Waals surface area contributed by atoms with E-state index in [-0.39, 0.29) is 17.6 Å². The van der Waals surface area contributed by atoms with Crippen molar-refractivity contribution in [3.63, 3.8) is 0 Å². The number of morpholine rings is 1. The first-order chi connectivity index (χ1) is 12.5. The number of carbonyl (C=O) groups is 1. The summed E-state index contributed by atoms with van der Waals surface area (Å²) >= 11 is 0. The van der Waals surface area contributed by atoms with Crippen molar-refractivity contribution in [3.8, 4) is 0 Å². The molecule has 1 unspecified atom stereocenters. The number of esters is 1. The average Bonchev–Trinajstić information content (AvgIpc) is 2.67. The lowest BCUT2D eigenvalue weighted by atomic mass is 9.88. The van der Waals surface area contributed by atoms with E-state index < -0.39 is 0 Å². The predicted octanol–water partition coefficient (Wildman–Crippen LogP) is 2.69. The molecule has 0 aromatic heterocycles. The fourth-order valence-electron chi connectivity index (χ4n) is 3.93. The summed E-state index contributed by atoms with van der Waals surface area (Å²) in [4.78, 5) is 17.2. The van der Waals surface area contributed by atoms with Gasteiger partial charge in [-0.2, -0.15) is 0 Å². The van der Waals surface area contributed by atoms with E-state index in [9.17, 15) is 4.79 Å². The zero-order valence-electron chi connectivity index (χ0n) is 16.3. The van der Waals surface area contributed by atoms with Crippen LogP contribution in [0.2, 0.25) is 0 Å². The first-order valence-electron chi connectivity index (χ1n) is 9.82. The van der Waals surface area contributed by atoms with Crippen molar-refractivity contribution in [1.82, 2.24) is 9.80 Å². The minimum atomic E-state index is -0.208. The normalized spacial score (nSPS) is 22.5. The Morgan fingerprint density at radius 2 is 1.81 bits per heavy atom. The third-order valence-corrected chi connectivity index (χ3v) is 5.83. The molecule has 26 heavy (non-hydrogen) atoms. The van der Waals surface area contributed by atoms with Crippen LogP contribution in [0.1, 0.15) is 39.2 Å². The Bertz CT molecular complexity index is 582. The van der Waals surface area contributed by atoms with Crippen molar-refractivity contribution in [3.05, 3.63) is 35.9 Å². The molecule has 0 radical (unpaired) electrons. The molecule has 5 heteroatoms. The van der Waals surface area contributed by atoms with Gasteiger partial charge in [0.1, 0.15) is 12.6 Å². The molecule has 2 aliphatic rings. The zero-order chi connectivity index (χ0) is 18.6. The summed E-state index contributed by atoms with van der Waals surface area (Å²) < 4.78 is 11.7. The molecule has 144 valence electrons. The van der Waals surface area contributed by atoms with Crippen LogP contribution in [0.4, 0.5) is 0 Å². The van der Waals surface area contributed by atoms with Crippen LogP contribution in [-0.2, 0) is 20.9 Å². The summed E-state index contributed by atoms with van der Waals surface area (Å²) in [7, 11) is 0. The second-order valence-electron chi connectivity index (χ2n) is 7.90. The van der Waals surface area contributed by atoms with Gasteiger partial charge in [0.05, 0.1) is 12.2 Å². The minimum absolute atomic E-state index is 0.0350. The Hall–Kier alpha value is -1.43. The number of piperidine rings is 1. The van der Waals surface area contributed by atoms with Crippen molar-refractivity contribution in [2.75, 3.05) is 32.8 Å². The first kappa shape index (κ1) is 19.3. The smallest absolute Gasteiger partial charge is 0.323 e. The zero-order valence-corrected chi connectivity index (χ0v) is 16.3. The highest BCUT2D eigenvalue weighted by atomic mass is 16.5. The Morgan fingerprint density at radius 3 is 2.46 bits per heavy atom. The molecular formula is C21H32N2O3. The Balaban J connectivity index is 1.48. The van der Waals surface area contributed by atoms with Crippen LogP contribution in [0.15, 0.2) is 30.3 Å². The number of likely N-dealkylation sites (tertiary alicyclic amines) is 1. The molecule has 5 nitrogen and oxygen atoms in total. The summed E-state index contributed by atoms with van der Waals surface area (Å²) in [6.45, 7) is 11.4. The van der Waals surface area contributed by atoms with Crippen LogP contribution in [0, 0.1) is 0 Å². The molecule has 1 atom stereocenters. The second-order valence-corrected chi connectivity index (χ2v) is 7.90. The van der Waals surface area contributed by atoms with E-state index in [0.29, 0.717) is 12.6 Å². The van der Waals surface area contributed by atoms with E-state index in [2.05, 4.69) is 23.6 Å². The van der Waals surface area contributed by atoms with E-state index in [4.69, 9.17) is 9.47 Å². The van der Waals surface area contributed by atoms with Crippen LogP contribution in [0.5, 0.6) is 0 Å². The highest BCUT2D eigenvalue weighted by Gasteiger charge is 2.41. The third-order valence-electron chi connectivity index (χ3n) is 5.83. The van der Waals surface area contributed by atoms with Gasteiger partial charge in [-0.05, 0) is 39.2 Å². The molecule has 1 spiro atoms. The van der Waals surface area contributed by atoms with Crippen molar-refractivity contribution >= 4 is 5.97 Å². The topological polar surface area (TPSA) is 42.0 Å². The van der Waals surface area contributed by atoms with Gasteiger partial charge < -0.3 is 9.47 Å². The van der Waals surface area contributed by atoms with Crippen LogP contribution in [0.25, 0.3) is 0 Å². The first-order valence-corrected chi connectivity index (χ1v) is 9.82. The Labute approximate surface area is 157 Å². The van der Waals surface area contributed by atoms with Gasteiger partial charge >= 0.3 is 5.97 Å². The molecule has 0 N–H and O–H groups in total. The maximum absolute atomic E-state index is 12.4. The van der Waals surface area contributed by atoms with E-state index in [1.54, 1.807) is 0 Å². The monoisotopic (exact) mass is 360 g/mol. The highest BCUT2D eigenvalue weighted by molar-refractivity contribution is 5.75. The molecule has 0 aliphatic carbocycles. The number of hydrogen-bond donors (Lipinski definition) is 0. The molecule has 0 amide bonds. The molecule has 2 saturated heterocycles. The van der Waals surface area contributed by atoms with Crippen LogP contribution in [0.3, 0.4) is 0 Å². The molecule has 2 heterocycles. The molecule has 2 fully saturated rings. The largest absolute Gasteiger partial charge is 0.460 e. The van der Waals surface area contributed by atoms with E-state index in [0.717, 1.165) is 51.2 Å². The predicted molar refractivity (Wildman–Crippen MR) is 102 cm³/mol. The lowest BCUT2D eigenvalue weighted by Crippen LogP contribution is -2.59. The number of ether oxygens (including phenoxy) is 2. The maximum atomic E-state index is 12.4. The van der Waals surface area contributed by atoms with Crippen LogP contribution >= 0.6 is 0 Å².